The number of benzene rings is 2. The summed E-state index contributed by atoms with van der Waals surface area (Å²) in [6.07, 6.45) is 1.77. The van der Waals surface area contributed by atoms with Crippen LogP contribution in [0.25, 0.3) is 11.4 Å². The highest BCUT2D eigenvalue weighted by Crippen LogP contribution is 2.25. The minimum absolute atomic E-state index is 0.168. The molecule has 0 aliphatic carbocycles. The topological polar surface area (TPSA) is 86.1 Å². The molecule has 1 amide bonds. The lowest BCUT2D eigenvalue weighted by Gasteiger charge is -2.09. The Morgan fingerprint density at radius 1 is 1.20 bits per heavy atom. The van der Waals surface area contributed by atoms with Gasteiger partial charge in [0.25, 0.3) is 0 Å². The number of carbonyl (C=O) groups excluding carboxylic acids is 2. The van der Waals surface area contributed by atoms with Crippen LogP contribution >= 0.6 is 11.8 Å². The summed E-state index contributed by atoms with van der Waals surface area (Å²) < 4.78 is 6.60. The normalized spacial score (nSPS) is 10.5. The van der Waals surface area contributed by atoms with Crippen molar-refractivity contribution in [1.82, 2.24) is 14.8 Å². The summed E-state index contributed by atoms with van der Waals surface area (Å²) in [4.78, 5) is 23.8. The van der Waals surface area contributed by atoms with E-state index >= 15 is 0 Å². The zero-order chi connectivity index (χ0) is 21.5. The predicted octanol–water partition coefficient (Wildman–Crippen LogP) is 3.96. The maximum absolute atomic E-state index is 12.4. The minimum atomic E-state index is -0.422. The van der Waals surface area contributed by atoms with E-state index in [0.717, 1.165) is 17.0 Å². The van der Waals surface area contributed by atoms with Gasteiger partial charge in [-0.05, 0) is 37.3 Å². The fraction of sp³-hybridized carbons (Fsp3) is 0.182. The van der Waals surface area contributed by atoms with Crippen LogP contribution in [0.2, 0.25) is 0 Å². The molecule has 3 rings (SSSR count). The fourth-order valence-electron chi connectivity index (χ4n) is 2.82. The van der Waals surface area contributed by atoms with Gasteiger partial charge >= 0.3 is 5.97 Å². The smallest absolute Gasteiger partial charge is 0.337 e. The molecule has 2 aromatic carbocycles. The molecule has 3 aromatic rings. The Bertz CT molecular complexity index is 1060. The molecule has 0 saturated carbocycles. The maximum atomic E-state index is 12.4. The molecule has 0 aliphatic heterocycles. The molecular weight excluding hydrogens is 400 g/mol. The third-order valence-electron chi connectivity index (χ3n) is 4.23. The number of esters is 1. The van der Waals surface area contributed by atoms with Crippen LogP contribution in [0.15, 0.2) is 66.3 Å². The van der Waals surface area contributed by atoms with Gasteiger partial charge in [-0.1, -0.05) is 41.6 Å². The molecule has 0 unspecified atom stereocenters. The van der Waals surface area contributed by atoms with Crippen molar-refractivity contribution in [3.8, 4) is 11.4 Å². The minimum Gasteiger partial charge on any atom is -0.465 e. The van der Waals surface area contributed by atoms with E-state index in [2.05, 4.69) is 26.8 Å². The summed E-state index contributed by atoms with van der Waals surface area (Å²) in [6, 6.07) is 14.5. The number of methoxy groups -OCH3 is 1. The average Bonchev–Trinajstić information content (AvgIpc) is 3.15. The van der Waals surface area contributed by atoms with E-state index in [0.29, 0.717) is 23.0 Å². The monoisotopic (exact) mass is 422 g/mol. The fourth-order valence-corrected chi connectivity index (χ4v) is 3.57. The van der Waals surface area contributed by atoms with Gasteiger partial charge in [0.2, 0.25) is 5.91 Å². The lowest BCUT2D eigenvalue weighted by Crippen LogP contribution is -2.15. The molecule has 30 heavy (non-hydrogen) atoms. The molecule has 0 fully saturated rings. The van der Waals surface area contributed by atoms with Crippen LogP contribution in [-0.2, 0) is 16.1 Å². The van der Waals surface area contributed by atoms with E-state index < -0.39 is 5.97 Å². The molecule has 0 spiro atoms. The highest BCUT2D eigenvalue weighted by atomic mass is 32.2. The van der Waals surface area contributed by atoms with E-state index in [1.54, 1.807) is 30.3 Å². The number of aryl methyl sites for hydroxylation is 1. The van der Waals surface area contributed by atoms with Gasteiger partial charge in [0.15, 0.2) is 11.0 Å². The summed E-state index contributed by atoms with van der Waals surface area (Å²) in [5, 5.41) is 12.0. The molecule has 1 N–H and O–H groups in total. The van der Waals surface area contributed by atoms with Crippen molar-refractivity contribution in [2.24, 2.45) is 0 Å². The Labute approximate surface area is 179 Å². The number of nitrogens with zero attached hydrogens (tertiary/aromatic N) is 3. The number of ether oxygens (including phenoxy) is 1. The number of thioether (sulfide) groups is 1. The molecule has 1 heterocycles. The van der Waals surface area contributed by atoms with E-state index in [4.69, 9.17) is 0 Å². The molecule has 7 nitrogen and oxygen atoms in total. The van der Waals surface area contributed by atoms with E-state index in [9.17, 15) is 9.59 Å². The molecule has 154 valence electrons. The molecule has 0 radical (unpaired) electrons. The van der Waals surface area contributed by atoms with Gasteiger partial charge in [-0.2, -0.15) is 0 Å². The molecule has 0 atom stereocenters. The van der Waals surface area contributed by atoms with Crippen LogP contribution < -0.4 is 5.32 Å². The van der Waals surface area contributed by atoms with Gasteiger partial charge in [-0.15, -0.1) is 16.8 Å². The van der Waals surface area contributed by atoms with Gasteiger partial charge in [0, 0.05) is 17.8 Å². The van der Waals surface area contributed by atoms with E-state index in [1.807, 2.05) is 35.8 Å². The number of amides is 1. The van der Waals surface area contributed by atoms with E-state index in [1.165, 1.54) is 18.9 Å². The van der Waals surface area contributed by atoms with Crippen LogP contribution in [0.3, 0.4) is 0 Å². The van der Waals surface area contributed by atoms with Crippen molar-refractivity contribution in [2.45, 2.75) is 18.6 Å². The third kappa shape index (κ3) is 5.15. The maximum Gasteiger partial charge on any atom is 0.337 e. The quantitative estimate of drug-likeness (QED) is 0.336. The first-order valence-corrected chi connectivity index (χ1v) is 10.2. The summed E-state index contributed by atoms with van der Waals surface area (Å²) in [6.45, 7) is 6.37. The molecule has 0 aliphatic rings. The highest BCUT2D eigenvalue weighted by molar-refractivity contribution is 7.99. The van der Waals surface area contributed by atoms with Crippen LogP contribution in [0.4, 0.5) is 5.69 Å². The van der Waals surface area contributed by atoms with Crippen molar-refractivity contribution >= 4 is 29.3 Å². The summed E-state index contributed by atoms with van der Waals surface area (Å²) >= 11 is 1.30. The zero-order valence-corrected chi connectivity index (χ0v) is 17.6. The van der Waals surface area contributed by atoms with Crippen molar-refractivity contribution in [3.05, 3.63) is 72.3 Å². The first kappa shape index (κ1) is 21.3. The average molecular weight is 423 g/mol. The number of anilines is 1. The largest absolute Gasteiger partial charge is 0.465 e. The SMILES string of the molecule is C=CCn1c(SCC(=O)Nc2ccc(C(=O)OC)cc2)nnc1-c1cccc(C)c1. The standard InChI is InChI=1S/C22H22N4O3S/c1-4-12-26-20(17-7-5-6-15(2)13-17)24-25-22(26)30-14-19(27)23-18-10-8-16(9-11-18)21(28)29-3/h4-11,13H,1,12,14H2,2-3H3,(H,23,27). The first-order chi connectivity index (χ1) is 14.5. The molecule has 1 aromatic heterocycles. The van der Waals surface area contributed by atoms with Crippen molar-refractivity contribution < 1.29 is 14.3 Å². The summed E-state index contributed by atoms with van der Waals surface area (Å²) in [5.41, 5.74) is 3.12. The Morgan fingerprint density at radius 2 is 1.97 bits per heavy atom. The Morgan fingerprint density at radius 3 is 2.63 bits per heavy atom. The molecule has 8 heteroatoms. The lowest BCUT2D eigenvalue weighted by molar-refractivity contribution is -0.113. The van der Waals surface area contributed by atoms with Gasteiger partial charge in [-0.3, -0.25) is 9.36 Å². The molecule has 0 bridgehead atoms. The zero-order valence-electron chi connectivity index (χ0n) is 16.8. The number of rotatable bonds is 8. The highest BCUT2D eigenvalue weighted by Gasteiger charge is 2.15. The number of hydrogen-bond donors (Lipinski definition) is 1. The van der Waals surface area contributed by atoms with Crippen LogP contribution in [0.5, 0.6) is 0 Å². The van der Waals surface area contributed by atoms with Crippen molar-refractivity contribution in [1.29, 1.82) is 0 Å². The number of aromatic nitrogens is 3. The Kier molecular flexibility index (Phi) is 7.03. The van der Waals surface area contributed by atoms with Crippen LogP contribution in [0, 0.1) is 6.92 Å². The van der Waals surface area contributed by atoms with Crippen molar-refractivity contribution in [3.63, 3.8) is 0 Å². The number of carbonyl (C=O) groups is 2. The third-order valence-corrected chi connectivity index (χ3v) is 5.19. The summed E-state index contributed by atoms with van der Waals surface area (Å²) in [7, 11) is 1.32. The van der Waals surface area contributed by atoms with Gasteiger partial charge in [0.1, 0.15) is 0 Å². The Balaban J connectivity index is 1.67. The van der Waals surface area contributed by atoms with Crippen LogP contribution in [-0.4, -0.2) is 39.5 Å². The van der Waals surface area contributed by atoms with Gasteiger partial charge in [-0.25, -0.2) is 4.79 Å². The second kappa shape index (κ2) is 9.89. The van der Waals surface area contributed by atoms with E-state index in [-0.39, 0.29) is 11.7 Å². The van der Waals surface area contributed by atoms with Crippen LogP contribution in [0.1, 0.15) is 15.9 Å². The second-order valence-electron chi connectivity index (χ2n) is 6.48. The predicted molar refractivity (Wildman–Crippen MR) is 118 cm³/mol. The molecular formula is C22H22N4O3S. The second-order valence-corrected chi connectivity index (χ2v) is 7.42. The van der Waals surface area contributed by atoms with Crippen molar-refractivity contribution in [2.75, 3.05) is 18.2 Å². The summed E-state index contributed by atoms with van der Waals surface area (Å²) in [5.74, 6) is 0.298. The van der Waals surface area contributed by atoms with Gasteiger partial charge < -0.3 is 10.1 Å². The first-order valence-electron chi connectivity index (χ1n) is 9.24. The van der Waals surface area contributed by atoms with Gasteiger partial charge in [0.05, 0.1) is 18.4 Å². The lowest BCUT2D eigenvalue weighted by atomic mass is 10.1. The number of allylic oxidation sites excluding steroid dienone is 1. The number of hydrogen-bond acceptors (Lipinski definition) is 6. The Hall–Kier alpha value is -3.39. The molecule has 0 saturated heterocycles. The number of nitrogens with one attached hydrogen (secondary N) is 1.